The van der Waals surface area contributed by atoms with Crippen LogP contribution in [0.1, 0.15) is 56.3 Å². The Morgan fingerprint density at radius 1 is 0.280 bits per heavy atom. The molecule has 0 heterocycles. The SMILES string of the molecule is C[Si](C)(C)C#Cc1ccc(C(c2ccc(C#C[Si](C)(C)C)cc2)C(c2ccc(C#C[Si](C)(C)C)cc2)c2ccc(C#C[Si](C)(C)C)cc2)cc1. The Kier molecular flexibility index (Phi) is 12.3. The Hall–Kier alpha value is -4.01. The van der Waals surface area contributed by atoms with Crippen LogP contribution in [0.5, 0.6) is 0 Å². The van der Waals surface area contributed by atoms with Crippen LogP contribution < -0.4 is 0 Å². The first-order valence-corrected chi connectivity index (χ1v) is 31.8. The maximum atomic E-state index is 3.53. The van der Waals surface area contributed by atoms with Crippen molar-refractivity contribution in [1.29, 1.82) is 0 Å². The van der Waals surface area contributed by atoms with Gasteiger partial charge in [-0.15, -0.1) is 22.2 Å². The molecule has 0 bridgehead atoms. The molecule has 4 rings (SSSR count). The molecule has 0 saturated carbocycles. The molecular weight excluding hydrogens is 665 g/mol. The fourth-order valence-electron chi connectivity index (χ4n) is 5.29. The van der Waals surface area contributed by atoms with Crippen molar-refractivity contribution in [2.45, 2.75) is 90.4 Å². The van der Waals surface area contributed by atoms with Crippen LogP contribution in [0.3, 0.4) is 0 Å². The molecular formula is C46H54Si4. The lowest BCUT2D eigenvalue weighted by atomic mass is 9.73. The lowest BCUT2D eigenvalue weighted by Crippen LogP contribution is -2.17. The minimum atomic E-state index is -1.49. The summed E-state index contributed by atoms with van der Waals surface area (Å²) >= 11 is 0. The van der Waals surface area contributed by atoms with Gasteiger partial charge in [-0.3, -0.25) is 0 Å². The van der Waals surface area contributed by atoms with Gasteiger partial charge >= 0.3 is 0 Å². The molecule has 0 aliphatic heterocycles. The summed E-state index contributed by atoms with van der Waals surface area (Å²) in [6, 6.07) is 35.9. The largest absolute Gasteiger partial charge is 0.129 e. The van der Waals surface area contributed by atoms with E-state index in [-0.39, 0.29) is 11.8 Å². The minimum Gasteiger partial charge on any atom is -0.127 e. The second-order valence-corrected chi connectivity index (χ2v) is 36.4. The highest BCUT2D eigenvalue weighted by Crippen LogP contribution is 2.43. The average molecular weight is 719 g/mol. The molecule has 0 saturated heterocycles. The Balaban J connectivity index is 1.91. The molecule has 4 aromatic rings. The van der Waals surface area contributed by atoms with Gasteiger partial charge in [0.15, 0.2) is 0 Å². The predicted octanol–water partition coefficient (Wildman–Crippen LogP) is 11.6. The van der Waals surface area contributed by atoms with Crippen LogP contribution in [-0.2, 0) is 0 Å². The van der Waals surface area contributed by atoms with E-state index in [9.17, 15) is 0 Å². The lowest BCUT2D eigenvalue weighted by molar-refractivity contribution is 0.694. The van der Waals surface area contributed by atoms with Gasteiger partial charge in [0.2, 0.25) is 0 Å². The molecule has 0 N–H and O–H groups in total. The summed E-state index contributed by atoms with van der Waals surface area (Å²) in [6.07, 6.45) is 0. The highest BCUT2D eigenvalue weighted by atomic mass is 28.3. The molecule has 0 nitrogen and oxygen atoms in total. The predicted molar refractivity (Wildman–Crippen MR) is 230 cm³/mol. The van der Waals surface area contributed by atoms with Crippen LogP contribution in [0.15, 0.2) is 97.1 Å². The van der Waals surface area contributed by atoms with E-state index in [2.05, 4.69) is 221 Å². The molecule has 4 aromatic carbocycles. The normalized spacial score (nSPS) is 11.7. The highest BCUT2D eigenvalue weighted by molar-refractivity contribution is 6.85. The number of hydrogen-bond donors (Lipinski definition) is 0. The molecule has 0 aromatic heterocycles. The van der Waals surface area contributed by atoms with Crippen molar-refractivity contribution in [3.63, 3.8) is 0 Å². The van der Waals surface area contributed by atoms with E-state index < -0.39 is 32.3 Å². The maximum Gasteiger partial charge on any atom is 0.129 e. The molecule has 4 heteroatoms. The van der Waals surface area contributed by atoms with Gasteiger partial charge in [-0.05, 0) is 70.8 Å². The van der Waals surface area contributed by atoms with Crippen molar-refractivity contribution in [3.05, 3.63) is 142 Å². The summed E-state index contributed by atoms with van der Waals surface area (Å²) in [5, 5.41) is 0. The second-order valence-electron chi connectivity index (χ2n) is 17.4. The van der Waals surface area contributed by atoms with Crippen LogP contribution in [0.4, 0.5) is 0 Å². The van der Waals surface area contributed by atoms with Crippen LogP contribution in [0, 0.1) is 45.9 Å². The van der Waals surface area contributed by atoms with Crippen molar-refractivity contribution in [3.8, 4) is 45.9 Å². The minimum absolute atomic E-state index is 0.0610. The maximum absolute atomic E-state index is 3.53. The van der Waals surface area contributed by atoms with E-state index in [4.69, 9.17) is 0 Å². The van der Waals surface area contributed by atoms with Gasteiger partial charge in [0.05, 0.1) is 0 Å². The lowest BCUT2D eigenvalue weighted by Gasteiger charge is -2.30. The Morgan fingerprint density at radius 3 is 0.580 bits per heavy atom. The van der Waals surface area contributed by atoms with Gasteiger partial charge in [0.1, 0.15) is 32.3 Å². The first-order chi connectivity index (χ1) is 23.2. The van der Waals surface area contributed by atoms with Crippen molar-refractivity contribution >= 4 is 32.3 Å². The zero-order valence-electron chi connectivity index (χ0n) is 32.4. The monoisotopic (exact) mass is 718 g/mol. The van der Waals surface area contributed by atoms with Crippen molar-refractivity contribution in [1.82, 2.24) is 0 Å². The summed E-state index contributed by atoms with van der Waals surface area (Å²) in [4.78, 5) is 0. The first-order valence-electron chi connectivity index (χ1n) is 17.8. The molecule has 0 amide bonds. The second kappa shape index (κ2) is 15.9. The summed E-state index contributed by atoms with van der Waals surface area (Å²) in [6.45, 7) is 27.5. The van der Waals surface area contributed by atoms with Crippen LogP contribution in [0.2, 0.25) is 78.6 Å². The molecule has 0 radical (unpaired) electrons. The number of rotatable bonds is 5. The van der Waals surface area contributed by atoms with E-state index in [0.717, 1.165) is 22.3 Å². The Labute approximate surface area is 308 Å². The third kappa shape index (κ3) is 12.7. The van der Waals surface area contributed by atoms with Gasteiger partial charge < -0.3 is 0 Å². The van der Waals surface area contributed by atoms with E-state index >= 15 is 0 Å². The third-order valence-electron chi connectivity index (χ3n) is 7.74. The Bertz CT molecular complexity index is 1710. The van der Waals surface area contributed by atoms with Gasteiger partial charge in [0.25, 0.3) is 0 Å². The molecule has 0 atom stereocenters. The Morgan fingerprint density at radius 2 is 0.440 bits per heavy atom. The van der Waals surface area contributed by atoms with Gasteiger partial charge in [0, 0.05) is 34.1 Å². The quantitative estimate of drug-likeness (QED) is 0.142. The highest BCUT2D eigenvalue weighted by Gasteiger charge is 2.28. The van der Waals surface area contributed by atoms with Gasteiger partial charge in [-0.2, -0.15) is 0 Å². The first kappa shape index (κ1) is 38.8. The van der Waals surface area contributed by atoms with Crippen LogP contribution >= 0.6 is 0 Å². The molecule has 50 heavy (non-hydrogen) atoms. The average Bonchev–Trinajstić information content (AvgIpc) is 3.03. The molecule has 0 aliphatic carbocycles. The fourth-order valence-corrected chi connectivity index (χ4v) is 7.37. The van der Waals surface area contributed by atoms with E-state index in [1.165, 1.54) is 22.3 Å². The van der Waals surface area contributed by atoms with Crippen molar-refractivity contribution < 1.29 is 0 Å². The summed E-state index contributed by atoms with van der Waals surface area (Å²) < 4.78 is 0. The summed E-state index contributed by atoms with van der Waals surface area (Å²) in [5.74, 6) is 13.9. The zero-order valence-corrected chi connectivity index (χ0v) is 36.4. The van der Waals surface area contributed by atoms with E-state index in [0.29, 0.717) is 0 Å². The fraction of sp³-hybridized carbons (Fsp3) is 0.304. The van der Waals surface area contributed by atoms with Crippen LogP contribution in [-0.4, -0.2) is 32.3 Å². The molecule has 254 valence electrons. The number of benzene rings is 4. The molecule has 0 fully saturated rings. The van der Waals surface area contributed by atoms with Crippen molar-refractivity contribution in [2.75, 3.05) is 0 Å². The number of hydrogen-bond acceptors (Lipinski definition) is 0. The molecule has 0 spiro atoms. The van der Waals surface area contributed by atoms with Gasteiger partial charge in [-0.1, -0.05) is 151 Å². The van der Waals surface area contributed by atoms with E-state index in [1.807, 2.05) is 0 Å². The smallest absolute Gasteiger partial charge is 0.127 e. The third-order valence-corrected chi connectivity index (χ3v) is 11.2. The van der Waals surface area contributed by atoms with Gasteiger partial charge in [-0.25, -0.2) is 0 Å². The summed E-state index contributed by atoms with van der Waals surface area (Å²) in [5.41, 5.74) is 23.5. The van der Waals surface area contributed by atoms with Crippen molar-refractivity contribution in [2.24, 2.45) is 0 Å². The zero-order chi connectivity index (χ0) is 36.7. The van der Waals surface area contributed by atoms with E-state index in [1.54, 1.807) is 0 Å². The summed E-state index contributed by atoms with van der Waals surface area (Å²) in [7, 11) is -5.94. The molecule has 0 aliphatic rings. The standard InChI is InChI=1S/C46H54Si4/c1-47(2,3)33-29-37-13-21-41(22-14-37)45(42-23-15-38(16-24-42)30-34-48(4,5)6)46(43-25-17-39(18-26-43)31-35-49(7,8)9)44-27-19-40(20-28-44)32-36-50(10,11)12/h13-28,45-46H,1-12H3. The van der Waals surface area contributed by atoms with Crippen LogP contribution in [0.25, 0.3) is 0 Å². The molecule has 0 unspecified atom stereocenters. The topological polar surface area (TPSA) is 0 Å².